The van der Waals surface area contributed by atoms with Gasteiger partial charge in [0.25, 0.3) is 5.91 Å². The van der Waals surface area contributed by atoms with Gasteiger partial charge in [-0.05, 0) is 24.6 Å². The minimum atomic E-state index is -0.354. The second-order valence-electron chi connectivity index (χ2n) is 6.92. The molecule has 0 bridgehead atoms. The zero-order chi connectivity index (χ0) is 20.7. The van der Waals surface area contributed by atoms with Crippen molar-refractivity contribution in [3.05, 3.63) is 72.6 Å². The SMILES string of the molecule is CC1SC(c2ccccc2O)N(Nc2ncnc3cc(-c4ccccc4)sc23)C1=O. The molecule has 2 atom stereocenters. The molecular formula is C22H18N4O2S2. The average Bonchev–Trinajstić information content (AvgIpc) is 3.32. The van der Waals surface area contributed by atoms with E-state index >= 15 is 0 Å². The summed E-state index contributed by atoms with van der Waals surface area (Å²) in [4.78, 5) is 22.8. The number of aromatic nitrogens is 2. The standard InChI is InChI=1S/C22H18N4O2S2/c1-13-21(28)26(22(29-13)15-9-5-6-10-17(15)27)25-20-19-16(23-12-24-20)11-18(30-19)14-7-3-2-4-8-14/h2-13,22,27H,1H3,(H,23,24,25). The summed E-state index contributed by atoms with van der Waals surface area (Å²) in [6.45, 7) is 1.87. The molecule has 8 heteroatoms. The zero-order valence-electron chi connectivity index (χ0n) is 16.0. The first kappa shape index (κ1) is 18.9. The van der Waals surface area contributed by atoms with Crippen molar-refractivity contribution >= 4 is 45.0 Å². The van der Waals surface area contributed by atoms with Gasteiger partial charge in [0.1, 0.15) is 17.5 Å². The molecular weight excluding hydrogens is 416 g/mol. The van der Waals surface area contributed by atoms with Crippen molar-refractivity contribution in [3.63, 3.8) is 0 Å². The van der Waals surface area contributed by atoms with E-state index in [1.54, 1.807) is 28.5 Å². The number of hydrogen-bond acceptors (Lipinski definition) is 7. The molecule has 1 amide bonds. The van der Waals surface area contributed by atoms with Gasteiger partial charge >= 0.3 is 0 Å². The molecule has 2 aromatic heterocycles. The number of aromatic hydroxyl groups is 1. The molecule has 5 rings (SSSR count). The molecule has 2 aromatic carbocycles. The number of para-hydroxylation sites is 1. The molecule has 0 aliphatic carbocycles. The number of anilines is 1. The molecule has 1 saturated heterocycles. The molecule has 2 N–H and O–H groups in total. The van der Waals surface area contributed by atoms with Crippen molar-refractivity contribution in [2.24, 2.45) is 0 Å². The quantitative estimate of drug-likeness (QED) is 0.468. The van der Waals surface area contributed by atoms with Crippen molar-refractivity contribution in [1.29, 1.82) is 0 Å². The third kappa shape index (κ3) is 3.28. The maximum Gasteiger partial charge on any atom is 0.255 e. The van der Waals surface area contributed by atoms with Crippen LogP contribution in [0.15, 0.2) is 67.0 Å². The van der Waals surface area contributed by atoms with E-state index in [1.807, 2.05) is 43.3 Å². The number of thiophene rings is 1. The van der Waals surface area contributed by atoms with E-state index in [4.69, 9.17) is 0 Å². The number of amides is 1. The second-order valence-corrected chi connectivity index (χ2v) is 9.40. The first-order valence-electron chi connectivity index (χ1n) is 9.45. The van der Waals surface area contributed by atoms with Crippen molar-refractivity contribution in [2.75, 3.05) is 5.43 Å². The largest absolute Gasteiger partial charge is 0.508 e. The average molecular weight is 435 g/mol. The summed E-state index contributed by atoms with van der Waals surface area (Å²) >= 11 is 3.07. The summed E-state index contributed by atoms with van der Waals surface area (Å²) in [5, 5.41) is 11.3. The summed E-state index contributed by atoms with van der Waals surface area (Å²) in [6, 6.07) is 19.2. The molecule has 1 aliphatic rings. The molecule has 0 saturated carbocycles. The minimum Gasteiger partial charge on any atom is -0.508 e. The molecule has 30 heavy (non-hydrogen) atoms. The van der Waals surface area contributed by atoms with Crippen molar-refractivity contribution < 1.29 is 9.90 Å². The number of phenolic OH excluding ortho intramolecular Hbond substituents is 1. The van der Waals surface area contributed by atoms with Crippen LogP contribution in [0.25, 0.3) is 20.7 Å². The number of thioether (sulfide) groups is 1. The van der Waals surface area contributed by atoms with Crippen molar-refractivity contribution in [1.82, 2.24) is 15.0 Å². The van der Waals surface area contributed by atoms with Gasteiger partial charge in [-0.2, -0.15) is 0 Å². The fourth-order valence-electron chi connectivity index (χ4n) is 3.44. The fourth-order valence-corrected chi connectivity index (χ4v) is 5.74. The lowest BCUT2D eigenvalue weighted by Gasteiger charge is -2.25. The molecule has 4 aromatic rings. The number of hydrazine groups is 1. The first-order chi connectivity index (χ1) is 14.6. The number of carbonyl (C=O) groups excluding carboxylic acids is 1. The summed E-state index contributed by atoms with van der Waals surface area (Å²) < 4.78 is 0.879. The first-order valence-corrected chi connectivity index (χ1v) is 11.2. The number of carbonyl (C=O) groups is 1. The van der Waals surface area contributed by atoms with Gasteiger partial charge < -0.3 is 5.11 Å². The summed E-state index contributed by atoms with van der Waals surface area (Å²) in [6.07, 6.45) is 1.50. The Labute approximate surface area is 181 Å². The maximum atomic E-state index is 12.9. The highest BCUT2D eigenvalue weighted by Gasteiger charge is 2.40. The van der Waals surface area contributed by atoms with Gasteiger partial charge in [0.15, 0.2) is 5.82 Å². The van der Waals surface area contributed by atoms with Gasteiger partial charge in [0.05, 0.1) is 15.5 Å². The number of fused-ring (bicyclic) bond motifs is 1. The van der Waals surface area contributed by atoms with Gasteiger partial charge in [-0.25, -0.2) is 15.0 Å². The lowest BCUT2D eigenvalue weighted by molar-refractivity contribution is -0.128. The number of phenols is 1. The predicted octanol–water partition coefficient (Wildman–Crippen LogP) is 5.05. The van der Waals surface area contributed by atoms with Crippen LogP contribution < -0.4 is 5.43 Å². The van der Waals surface area contributed by atoms with Crippen LogP contribution in [-0.2, 0) is 4.79 Å². The zero-order valence-corrected chi connectivity index (χ0v) is 17.7. The van der Waals surface area contributed by atoms with Crippen molar-refractivity contribution in [2.45, 2.75) is 17.5 Å². The monoisotopic (exact) mass is 434 g/mol. The van der Waals surface area contributed by atoms with E-state index in [2.05, 4.69) is 27.5 Å². The second kappa shape index (κ2) is 7.62. The topological polar surface area (TPSA) is 78.3 Å². The Bertz CT molecular complexity index is 1230. The predicted molar refractivity (Wildman–Crippen MR) is 121 cm³/mol. The molecule has 1 aliphatic heterocycles. The van der Waals surface area contributed by atoms with E-state index < -0.39 is 0 Å². The van der Waals surface area contributed by atoms with Crippen LogP contribution >= 0.6 is 23.1 Å². The van der Waals surface area contributed by atoms with Crippen LogP contribution in [0.2, 0.25) is 0 Å². The van der Waals surface area contributed by atoms with Crippen LogP contribution in [-0.4, -0.2) is 31.2 Å². The highest BCUT2D eigenvalue weighted by Crippen LogP contribution is 2.46. The number of rotatable bonds is 4. The minimum absolute atomic E-state index is 0.0557. The third-order valence-corrected chi connectivity index (χ3v) is 7.46. The van der Waals surface area contributed by atoms with Gasteiger partial charge in [-0.1, -0.05) is 48.5 Å². The lowest BCUT2D eigenvalue weighted by Crippen LogP contribution is -2.35. The lowest BCUT2D eigenvalue weighted by atomic mass is 10.2. The molecule has 1 fully saturated rings. The van der Waals surface area contributed by atoms with Gasteiger partial charge in [-0.3, -0.25) is 10.2 Å². The van der Waals surface area contributed by atoms with Crippen LogP contribution in [0, 0.1) is 0 Å². The number of benzene rings is 2. The van der Waals surface area contributed by atoms with Gasteiger partial charge in [0, 0.05) is 10.4 Å². The number of hydrogen-bond donors (Lipinski definition) is 2. The van der Waals surface area contributed by atoms with Crippen LogP contribution in [0.1, 0.15) is 17.9 Å². The van der Waals surface area contributed by atoms with E-state index in [1.165, 1.54) is 18.1 Å². The Hall–Kier alpha value is -3.10. The van der Waals surface area contributed by atoms with E-state index in [0.717, 1.165) is 20.7 Å². The highest BCUT2D eigenvalue weighted by molar-refractivity contribution is 8.01. The van der Waals surface area contributed by atoms with Gasteiger partial charge in [-0.15, -0.1) is 23.1 Å². The number of nitrogens with one attached hydrogen (secondary N) is 1. The smallest absolute Gasteiger partial charge is 0.255 e. The summed E-state index contributed by atoms with van der Waals surface area (Å²) in [7, 11) is 0. The maximum absolute atomic E-state index is 12.9. The normalized spacial score (nSPS) is 18.8. The molecule has 150 valence electrons. The Morgan fingerprint density at radius 3 is 2.63 bits per heavy atom. The van der Waals surface area contributed by atoms with Crippen LogP contribution in [0.3, 0.4) is 0 Å². The van der Waals surface area contributed by atoms with Crippen LogP contribution in [0.5, 0.6) is 5.75 Å². The van der Waals surface area contributed by atoms with Crippen molar-refractivity contribution in [3.8, 4) is 16.2 Å². The Balaban J connectivity index is 1.53. The molecule has 6 nitrogen and oxygen atoms in total. The Morgan fingerprint density at radius 1 is 1.07 bits per heavy atom. The summed E-state index contributed by atoms with van der Waals surface area (Å²) in [5.74, 6) is 0.689. The molecule has 2 unspecified atom stereocenters. The highest BCUT2D eigenvalue weighted by atomic mass is 32.2. The van der Waals surface area contributed by atoms with E-state index in [-0.39, 0.29) is 22.3 Å². The van der Waals surface area contributed by atoms with E-state index in [9.17, 15) is 9.90 Å². The number of nitrogens with zero attached hydrogens (tertiary/aromatic N) is 3. The Morgan fingerprint density at radius 2 is 1.83 bits per heavy atom. The summed E-state index contributed by atoms with van der Waals surface area (Å²) in [5.41, 5.74) is 5.84. The fraction of sp³-hybridized carbons (Fsp3) is 0.136. The van der Waals surface area contributed by atoms with Crippen LogP contribution in [0.4, 0.5) is 5.82 Å². The molecule has 0 spiro atoms. The Kier molecular flexibility index (Phi) is 4.80. The molecule has 0 radical (unpaired) electrons. The van der Waals surface area contributed by atoms with Gasteiger partial charge in [0.2, 0.25) is 0 Å². The van der Waals surface area contributed by atoms with E-state index in [0.29, 0.717) is 11.4 Å². The third-order valence-electron chi connectivity index (χ3n) is 4.95. The molecule has 3 heterocycles.